The second-order valence-corrected chi connectivity index (χ2v) is 7.16. The van der Waals surface area contributed by atoms with E-state index in [1.165, 1.54) is 12.1 Å². The van der Waals surface area contributed by atoms with E-state index >= 15 is 0 Å². The van der Waals surface area contributed by atoms with Crippen LogP contribution in [0.4, 0.5) is 10.1 Å². The van der Waals surface area contributed by atoms with Crippen LogP contribution in [0.2, 0.25) is 0 Å². The summed E-state index contributed by atoms with van der Waals surface area (Å²) in [5, 5.41) is 6.59. The molecule has 0 aliphatic heterocycles. The number of aryl methyl sites for hydroxylation is 1. The van der Waals surface area contributed by atoms with E-state index in [-0.39, 0.29) is 17.0 Å². The van der Waals surface area contributed by atoms with Gasteiger partial charge in [0.15, 0.2) is 5.82 Å². The second kappa shape index (κ2) is 6.71. The van der Waals surface area contributed by atoms with Crippen LogP contribution in [0.15, 0.2) is 47.0 Å². The van der Waals surface area contributed by atoms with E-state index in [0.717, 1.165) is 5.56 Å². The molecule has 0 atom stereocenters. The van der Waals surface area contributed by atoms with Gasteiger partial charge in [-0.05, 0) is 36.8 Å². The Balaban J connectivity index is 1.94. The predicted octanol–water partition coefficient (Wildman–Crippen LogP) is 4.73. The van der Waals surface area contributed by atoms with E-state index in [4.69, 9.17) is 4.52 Å². The summed E-state index contributed by atoms with van der Waals surface area (Å²) in [6, 6.07) is 11.5. The van der Waals surface area contributed by atoms with E-state index < -0.39 is 11.7 Å². The average Bonchev–Trinajstić information content (AvgIpc) is 3.07. The maximum absolute atomic E-state index is 14.0. The lowest BCUT2D eigenvalue weighted by Crippen LogP contribution is -2.15. The van der Waals surface area contributed by atoms with Crippen LogP contribution in [0.5, 0.6) is 0 Å². The molecule has 0 fully saturated rings. The number of hydrogen-bond acceptors (Lipinski definition) is 4. The molecule has 5 nitrogen and oxygen atoms in total. The molecule has 3 aromatic rings. The SMILES string of the molecule is Cc1ccc(NC(=O)c2ccccc2-c2nc(C(C)(C)C)no2)c(F)c1. The molecule has 6 heteroatoms. The Bertz CT molecular complexity index is 958. The van der Waals surface area contributed by atoms with Crippen molar-refractivity contribution in [3.8, 4) is 11.5 Å². The van der Waals surface area contributed by atoms with Gasteiger partial charge in [0.25, 0.3) is 11.8 Å². The summed E-state index contributed by atoms with van der Waals surface area (Å²) in [4.78, 5) is 17.1. The van der Waals surface area contributed by atoms with E-state index in [9.17, 15) is 9.18 Å². The normalized spacial score (nSPS) is 11.4. The molecule has 0 unspecified atom stereocenters. The molecule has 0 radical (unpaired) electrons. The molecule has 1 N–H and O–H groups in total. The summed E-state index contributed by atoms with van der Waals surface area (Å²) in [5.41, 5.74) is 1.46. The van der Waals surface area contributed by atoms with Crippen LogP contribution in [-0.2, 0) is 5.41 Å². The Kier molecular flexibility index (Phi) is 4.59. The minimum absolute atomic E-state index is 0.122. The molecular formula is C20H20FN3O2. The highest BCUT2D eigenvalue weighted by molar-refractivity contribution is 6.08. The number of nitrogens with one attached hydrogen (secondary N) is 1. The van der Waals surface area contributed by atoms with Crippen LogP contribution in [0.1, 0.15) is 42.5 Å². The average molecular weight is 353 g/mol. The lowest BCUT2D eigenvalue weighted by Gasteiger charge is -2.11. The van der Waals surface area contributed by atoms with Gasteiger partial charge in [-0.3, -0.25) is 4.79 Å². The predicted molar refractivity (Wildman–Crippen MR) is 97.5 cm³/mol. The Hall–Kier alpha value is -3.02. The summed E-state index contributed by atoms with van der Waals surface area (Å²) in [5.74, 6) is -0.125. The third-order valence-corrected chi connectivity index (χ3v) is 3.87. The minimum Gasteiger partial charge on any atom is -0.334 e. The summed E-state index contributed by atoms with van der Waals surface area (Å²) in [6.07, 6.45) is 0. The molecule has 3 rings (SSSR count). The molecule has 2 aromatic carbocycles. The molecule has 0 bridgehead atoms. The summed E-state index contributed by atoms with van der Waals surface area (Å²) >= 11 is 0. The molecule has 0 saturated carbocycles. The number of benzene rings is 2. The van der Waals surface area contributed by atoms with E-state index in [2.05, 4.69) is 15.5 Å². The minimum atomic E-state index is -0.483. The van der Waals surface area contributed by atoms with Gasteiger partial charge < -0.3 is 9.84 Å². The number of halogens is 1. The number of aromatic nitrogens is 2. The number of anilines is 1. The van der Waals surface area contributed by atoms with Gasteiger partial charge in [-0.2, -0.15) is 4.98 Å². The monoisotopic (exact) mass is 353 g/mol. The van der Waals surface area contributed by atoms with Crippen molar-refractivity contribution in [3.63, 3.8) is 0 Å². The van der Waals surface area contributed by atoms with Gasteiger partial charge >= 0.3 is 0 Å². The number of amides is 1. The first-order valence-electron chi connectivity index (χ1n) is 8.27. The molecule has 0 aliphatic carbocycles. The van der Waals surface area contributed by atoms with Gasteiger partial charge in [-0.15, -0.1) is 0 Å². The van der Waals surface area contributed by atoms with E-state index in [1.54, 1.807) is 37.3 Å². The molecule has 1 aromatic heterocycles. The first kappa shape index (κ1) is 17.8. The van der Waals surface area contributed by atoms with E-state index in [1.807, 2.05) is 20.8 Å². The zero-order valence-corrected chi connectivity index (χ0v) is 15.1. The van der Waals surface area contributed by atoms with Crippen molar-refractivity contribution in [2.75, 3.05) is 5.32 Å². The highest BCUT2D eigenvalue weighted by atomic mass is 19.1. The zero-order chi connectivity index (χ0) is 18.9. The fourth-order valence-corrected chi connectivity index (χ4v) is 2.42. The fraction of sp³-hybridized carbons (Fsp3) is 0.250. The molecule has 0 aliphatic rings. The Morgan fingerprint density at radius 1 is 1.15 bits per heavy atom. The third kappa shape index (κ3) is 3.64. The Morgan fingerprint density at radius 3 is 2.54 bits per heavy atom. The number of nitrogens with zero attached hydrogens (tertiary/aromatic N) is 2. The molecule has 134 valence electrons. The molecule has 1 heterocycles. The largest absolute Gasteiger partial charge is 0.334 e. The van der Waals surface area contributed by atoms with Crippen molar-refractivity contribution in [1.82, 2.24) is 10.1 Å². The number of rotatable bonds is 3. The third-order valence-electron chi connectivity index (χ3n) is 3.87. The van der Waals surface area contributed by atoms with E-state index in [0.29, 0.717) is 17.0 Å². The first-order chi connectivity index (χ1) is 12.3. The quantitative estimate of drug-likeness (QED) is 0.739. The molecule has 26 heavy (non-hydrogen) atoms. The summed E-state index contributed by atoms with van der Waals surface area (Å²) in [7, 11) is 0. The number of carbonyl (C=O) groups is 1. The fourth-order valence-electron chi connectivity index (χ4n) is 2.42. The topological polar surface area (TPSA) is 68.0 Å². The van der Waals surface area contributed by atoms with Gasteiger partial charge in [0.2, 0.25) is 0 Å². The molecule has 0 spiro atoms. The van der Waals surface area contributed by atoms with Crippen molar-refractivity contribution in [1.29, 1.82) is 0 Å². The maximum atomic E-state index is 14.0. The number of hydrogen-bond donors (Lipinski definition) is 1. The van der Waals surface area contributed by atoms with Crippen LogP contribution in [-0.4, -0.2) is 16.0 Å². The van der Waals surface area contributed by atoms with Crippen molar-refractivity contribution < 1.29 is 13.7 Å². The number of carbonyl (C=O) groups excluding carboxylic acids is 1. The van der Waals surface area contributed by atoms with Gasteiger partial charge in [-0.1, -0.05) is 44.1 Å². The van der Waals surface area contributed by atoms with Gasteiger partial charge in [0.05, 0.1) is 16.8 Å². The van der Waals surface area contributed by atoms with Gasteiger partial charge in [0.1, 0.15) is 5.82 Å². The van der Waals surface area contributed by atoms with Crippen molar-refractivity contribution in [3.05, 3.63) is 65.2 Å². The summed E-state index contributed by atoms with van der Waals surface area (Å²) in [6.45, 7) is 7.70. The maximum Gasteiger partial charge on any atom is 0.258 e. The van der Waals surface area contributed by atoms with Crippen LogP contribution in [0.25, 0.3) is 11.5 Å². The van der Waals surface area contributed by atoms with Crippen LogP contribution in [0, 0.1) is 12.7 Å². The second-order valence-electron chi connectivity index (χ2n) is 7.16. The van der Waals surface area contributed by atoms with Crippen LogP contribution >= 0.6 is 0 Å². The van der Waals surface area contributed by atoms with Crippen molar-refractivity contribution >= 4 is 11.6 Å². The van der Waals surface area contributed by atoms with Crippen molar-refractivity contribution in [2.45, 2.75) is 33.1 Å². The van der Waals surface area contributed by atoms with Gasteiger partial charge in [-0.25, -0.2) is 4.39 Å². The van der Waals surface area contributed by atoms with Gasteiger partial charge in [0, 0.05) is 5.41 Å². The Morgan fingerprint density at radius 2 is 1.88 bits per heavy atom. The first-order valence-corrected chi connectivity index (χ1v) is 8.27. The molecular weight excluding hydrogens is 333 g/mol. The zero-order valence-electron chi connectivity index (χ0n) is 15.1. The molecule has 1 amide bonds. The van der Waals surface area contributed by atoms with Crippen LogP contribution in [0.3, 0.4) is 0 Å². The molecule has 0 saturated heterocycles. The lowest BCUT2D eigenvalue weighted by atomic mass is 9.96. The smallest absolute Gasteiger partial charge is 0.258 e. The highest BCUT2D eigenvalue weighted by Crippen LogP contribution is 2.27. The lowest BCUT2D eigenvalue weighted by molar-refractivity contribution is 0.102. The van der Waals surface area contributed by atoms with Crippen molar-refractivity contribution in [2.24, 2.45) is 0 Å². The standard InChI is InChI=1S/C20H20FN3O2/c1-12-9-10-16(15(21)11-12)22-17(25)13-7-5-6-8-14(13)18-23-19(24-26-18)20(2,3)4/h5-11H,1-4H3,(H,22,25). The summed E-state index contributed by atoms with van der Waals surface area (Å²) < 4.78 is 19.4. The van der Waals surface area contributed by atoms with Crippen LogP contribution < -0.4 is 5.32 Å². The highest BCUT2D eigenvalue weighted by Gasteiger charge is 2.23. The Labute approximate surface area is 151 Å².